The van der Waals surface area contributed by atoms with Crippen molar-refractivity contribution in [1.29, 1.82) is 0 Å². The monoisotopic (exact) mass is 186 g/mol. The first-order valence-electron chi connectivity index (χ1n) is 5.05. The molecule has 1 unspecified atom stereocenters. The molecule has 0 aromatic heterocycles. The minimum Gasteiger partial charge on any atom is -0.340 e. The number of rotatable bonds is 5. The summed E-state index contributed by atoms with van der Waals surface area (Å²) in [5.41, 5.74) is 5.41. The SMILES string of the molecule is CCN(C(=O)C(C)CCN)C(C)C. The van der Waals surface area contributed by atoms with Crippen LogP contribution in [0.2, 0.25) is 0 Å². The van der Waals surface area contributed by atoms with E-state index in [2.05, 4.69) is 0 Å². The maximum absolute atomic E-state index is 11.8. The molecule has 3 nitrogen and oxygen atoms in total. The van der Waals surface area contributed by atoms with Crippen molar-refractivity contribution in [3.8, 4) is 0 Å². The zero-order valence-electron chi connectivity index (χ0n) is 9.21. The average molecular weight is 186 g/mol. The fourth-order valence-corrected chi connectivity index (χ4v) is 1.43. The number of hydrogen-bond donors (Lipinski definition) is 1. The van der Waals surface area contributed by atoms with Gasteiger partial charge >= 0.3 is 0 Å². The average Bonchev–Trinajstić information content (AvgIpc) is 2.05. The van der Waals surface area contributed by atoms with E-state index in [-0.39, 0.29) is 17.9 Å². The molecule has 0 saturated heterocycles. The van der Waals surface area contributed by atoms with Gasteiger partial charge in [0.1, 0.15) is 0 Å². The van der Waals surface area contributed by atoms with Gasteiger partial charge in [-0.15, -0.1) is 0 Å². The topological polar surface area (TPSA) is 46.3 Å². The third-order valence-corrected chi connectivity index (χ3v) is 2.27. The van der Waals surface area contributed by atoms with Crippen LogP contribution in [0.3, 0.4) is 0 Å². The Balaban J connectivity index is 4.19. The summed E-state index contributed by atoms with van der Waals surface area (Å²) in [5.74, 6) is 0.287. The van der Waals surface area contributed by atoms with Gasteiger partial charge in [0.2, 0.25) is 5.91 Å². The second-order valence-electron chi connectivity index (χ2n) is 3.70. The lowest BCUT2D eigenvalue weighted by Crippen LogP contribution is -2.40. The van der Waals surface area contributed by atoms with Crippen LogP contribution in [0.25, 0.3) is 0 Å². The zero-order chi connectivity index (χ0) is 10.4. The van der Waals surface area contributed by atoms with Gasteiger partial charge < -0.3 is 10.6 Å². The molecule has 0 aromatic carbocycles. The lowest BCUT2D eigenvalue weighted by molar-refractivity contribution is -0.136. The van der Waals surface area contributed by atoms with Gasteiger partial charge in [-0.3, -0.25) is 4.79 Å². The molecule has 13 heavy (non-hydrogen) atoms. The van der Waals surface area contributed by atoms with Gasteiger partial charge in [-0.1, -0.05) is 6.92 Å². The van der Waals surface area contributed by atoms with Gasteiger partial charge in [0.25, 0.3) is 0 Å². The van der Waals surface area contributed by atoms with Gasteiger partial charge in [-0.2, -0.15) is 0 Å². The van der Waals surface area contributed by atoms with E-state index in [4.69, 9.17) is 5.73 Å². The van der Waals surface area contributed by atoms with Gasteiger partial charge in [0.05, 0.1) is 0 Å². The largest absolute Gasteiger partial charge is 0.340 e. The second-order valence-corrected chi connectivity index (χ2v) is 3.70. The van der Waals surface area contributed by atoms with Crippen LogP contribution in [0.4, 0.5) is 0 Å². The normalized spacial score (nSPS) is 13.1. The van der Waals surface area contributed by atoms with Crippen LogP contribution in [0.1, 0.15) is 34.1 Å². The molecule has 3 heteroatoms. The summed E-state index contributed by atoms with van der Waals surface area (Å²) in [6.45, 7) is 9.40. The predicted molar refractivity (Wildman–Crippen MR) is 55.4 cm³/mol. The number of carbonyl (C=O) groups excluding carboxylic acids is 1. The molecule has 0 heterocycles. The molecule has 0 fully saturated rings. The molecule has 0 radical (unpaired) electrons. The third-order valence-electron chi connectivity index (χ3n) is 2.27. The second kappa shape index (κ2) is 5.97. The molecular weight excluding hydrogens is 164 g/mol. The van der Waals surface area contributed by atoms with Crippen molar-refractivity contribution in [3.05, 3.63) is 0 Å². The van der Waals surface area contributed by atoms with E-state index in [1.165, 1.54) is 0 Å². The van der Waals surface area contributed by atoms with E-state index in [1.807, 2.05) is 32.6 Å². The quantitative estimate of drug-likeness (QED) is 0.702. The summed E-state index contributed by atoms with van der Waals surface area (Å²) in [4.78, 5) is 13.7. The molecule has 0 rings (SSSR count). The highest BCUT2D eigenvalue weighted by Gasteiger charge is 2.20. The fraction of sp³-hybridized carbons (Fsp3) is 0.900. The summed E-state index contributed by atoms with van der Waals surface area (Å²) < 4.78 is 0. The Kier molecular flexibility index (Phi) is 5.71. The Labute approximate surface area is 81.3 Å². The molecule has 0 aromatic rings. The summed E-state index contributed by atoms with van der Waals surface area (Å²) in [6, 6.07) is 0.290. The Morgan fingerprint density at radius 2 is 1.92 bits per heavy atom. The molecule has 0 saturated carbocycles. The lowest BCUT2D eigenvalue weighted by atomic mass is 10.1. The van der Waals surface area contributed by atoms with E-state index >= 15 is 0 Å². The first-order valence-corrected chi connectivity index (χ1v) is 5.05. The smallest absolute Gasteiger partial charge is 0.225 e. The molecular formula is C10H22N2O. The molecule has 0 aliphatic carbocycles. The number of carbonyl (C=O) groups is 1. The highest BCUT2D eigenvalue weighted by Crippen LogP contribution is 2.09. The summed E-state index contributed by atoms with van der Waals surface area (Å²) in [7, 11) is 0. The highest BCUT2D eigenvalue weighted by molar-refractivity contribution is 5.78. The minimum absolute atomic E-state index is 0.0624. The zero-order valence-corrected chi connectivity index (χ0v) is 9.21. The van der Waals surface area contributed by atoms with Crippen LogP contribution in [0.15, 0.2) is 0 Å². The van der Waals surface area contributed by atoms with E-state index in [9.17, 15) is 4.79 Å². The van der Waals surface area contributed by atoms with Crippen molar-refractivity contribution in [3.63, 3.8) is 0 Å². The standard InChI is InChI=1S/C10H22N2O/c1-5-12(8(2)3)10(13)9(4)6-7-11/h8-9H,5-7,11H2,1-4H3. The Morgan fingerprint density at radius 1 is 1.38 bits per heavy atom. The summed E-state index contributed by atoms with van der Waals surface area (Å²) in [5, 5.41) is 0. The van der Waals surface area contributed by atoms with Crippen LogP contribution >= 0.6 is 0 Å². The fourth-order valence-electron chi connectivity index (χ4n) is 1.43. The third kappa shape index (κ3) is 3.77. The summed E-state index contributed by atoms with van der Waals surface area (Å²) >= 11 is 0. The Bertz CT molecular complexity index is 157. The lowest BCUT2D eigenvalue weighted by Gasteiger charge is -2.28. The first kappa shape index (κ1) is 12.4. The van der Waals surface area contributed by atoms with Crippen LogP contribution in [0.5, 0.6) is 0 Å². The maximum atomic E-state index is 11.8. The van der Waals surface area contributed by atoms with Crippen LogP contribution in [-0.2, 0) is 4.79 Å². The predicted octanol–water partition coefficient (Wildman–Crippen LogP) is 1.23. The van der Waals surface area contributed by atoms with Crippen LogP contribution < -0.4 is 5.73 Å². The van der Waals surface area contributed by atoms with Crippen molar-refractivity contribution in [1.82, 2.24) is 4.90 Å². The van der Waals surface area contributed by atoms with Crippen molar-refractivity contribution in [2.75, 3.05) is 13.1 Å². The number of hydrogen-bond acceptors (Lipinski definition) is 2. The van der Waals surface area contributed by atoms with Crippen molar-refractivity contribution in [2.24, 2.45) is 11.7 Å². The molecule has 0 spiro atoms. The molecule has 2 N–H and O–H groups in total. The Morgan fingerprint density at radius 3 is 2.23 bits per heavy atom. The molecule has 1 atom stereocenters. The number of nitrogens with zero attached hydrogens (tertiary/aromatic N) is 1. The van der Waals surface area contributed by atoms with Gasteiger partial charge in [-0.05, 0) is 33.7 Å². The van der Waals surface area contributed by atoms with E-state index in [0.717, 1.165) is 13.0 Å². The molecule has 78 valence electrons. The van der Waals surface area contributed by atoms with Crippen molar-refractivity contribution >= 4 is 5.91 Å². The van der Waals surface area contributed by atoms with Crippen LogP contribution in [-0.4, -0.2) is 29.9 Å². The number of nitrogens with two attached hydrogens (primary N) is 1. The maximum Gasteiger partial charge on any atom is 0.225 e. The number of amides is 1. The molecule has 0 aliphatic rings. The van der Waals surface area contributed by atoms with E-state index in [0.29, 0.717) is 6.54 Å². The first-order chi connectivity index (χ1) is 6.04. The highest BCUT2D eigenvalue weighted by atomic mass is 16.2. The van der Waals surface area contributed by atoms with Crippen molar-refractivity contribution in [2.45, 2.75) is 40.2 Å². The van der Waals surface area contributed by atoms with Gasteiger partial charge in [0, 0.05) is 18.5 Å². The van der Waals surface area contributed by atoms with E-state index in [1.54, 1.807) is 0 Å². The molecule has 0 bridgehead atoms. The van der Waals surface area contributed by atoms with Crippen LogP contribution in [0, 0.1) is 5.92 Å². The Hall–Kier alpha value is -0.570. The van der Waals surface area contributed by atoms with E-state index < -0.39 is 0 Å². The van der Waals surface area contributed by atoms with Gasteiger partial charge in [-0.25, -0.2) is 0 Å². The minimum atomic E-state index is 0.0624. The van der Waals surface area contributed by atoms with Crippen molar-refractivity contribution < 1.29 is 4.79 Å². The molecule has 0 aliphatic heterocycles. The van der Waals surface area contributed by atoms with Gasteiger partial charge in [0.15, 0.2) is 0 Å². The molecule has 1 amide bonds. The summed E-state index contributed by atoms with van der Waals surface area (Å²) in [6.07, 6.45) is 0.780.